The zero-order valence-electron chi connectivity index (χ0n) is 19.2. The van der Waals surface area contributed by atoms with E-state index in [4.69, 9.17) is 29.5 Å². The van der Waals surface area contributed by atoms with Gasteiger partial charge in [-0.2, -0.15) is 5.10 Å². The summed E-state index contributed by atoms with van der Waals surface area (Å²) in [5.74, 6) is 0.391. The van der Waals surface area contributed by atoms with Gasteiger partial charge in [0.15, 0.2) is 5.65 Å². The van der Waals surface area contributed by atoms with Crippen molar-refractivity contribution >= 4 is 11.2 Å². The van der Waals surface area contributed by atoms with Crippen molar-refractivity contribution in [1.29, 1.82) is 0 Å². The molecule has 162 valence electrons. The minimum absolute atomic E-state index is 0.0562. The molecule has 0 saturated carbocycles. The third-order valence-electron chi connectivity index (χ3n) is 5.34. The van der Waals surface area contributed by atoms with Crippen LogP contribution in [0.5, 0.6) is 0 Å². The molecular formula is C23H33N5O2. The van der Waals surface area contributed by atoms with E-state index in [1.807, 2.05) is 11.6 Å². The van der Waals surface area contributed by atoms with Crippen molar-refractivity contribution < 1.29 is 9.47 Å². The molecule has 0 aliphatic rings. The topological polar surface area (TPSA) is 75.0 Å². The summed E-state index contributed by atoms with van der Waals surface area (Å²) in [6.45, 7) is 11.5. The SMILES string of the molecule is CCc1nc(C(C)C)ccc1-c1nc2c(C)nn(C(COC)COC)c2nc1CC. The minimum atomic E-state index is -0.0562. The minimum Gasteiger partial charge on any atom is -0.382 e. The monoisotopic (exact) mass is 411 g/mol. The first kappa shape index (κ1) is 22.3. The molecule has 0 unspecified atom stereocenters. The highest BCUT2D eigenvalue weighted by Crippen LogP contribution is 2.30. The molecule has 0 bridgehead atoms. The van der Waals surface area contributed by atoms with E-state index in [-0.39, 0.29) is 6.04 Å². The van der Waals surface area contributed by atoms with Crippen LogP contribution in [0.15, 0.2) is 12.1 Å². The quantitative estimate of drug-likeness (QED) is 0.523. The highest BCUT2D eigenvalue weighted by molar-refractivity contribution is 5.78. The smallest absolute Gasteiger partial charge is 0.177 e. The summed E-state index contributed by atoms with van der Waals surface area (Å²) in [6.07, 6.45) is 1.62. The van der Waals surface area contributed by atoms with Crippen molar-refractivity contribution in [1.82, 2.24) is 24.7 Å². The van der Waals surface area contributed by atoms with Gasteiger partial charge in [0.1, 0.15) is 11.6 Å². The Morgan fingerprint density at radius 2 is 1.60 bits per heavy atom. The van der Waals surface area contributed by atoms with Gasteiger partial charge in [0, 0.05) is 31.2 Å². The number of pyridine rings is 1. The van der Waals surface area contributed by atoms with Crippen molar-refractivity contribution in [3.05, 3.63) is 34.9 Å². The Hall–Kier alpha value is -2.38. The van der Waals surface area contributed by atoms with Crippen LogP contribution in [0, 0.1) is 6.92 Å². The summed E-state index contributed by atoms with van der Waals surface area (Å²) in [6, 6.07) is 4.20. The number of nitrogens with zero attached hydrogens (tertiary/aromatic N) is 5. The second-order valence-electron chi connectivity index (χ2n) is 7.88. The van der Waals surface area contributed by atoms with Gasteiger partial charge in [0.25, 0.3) is 0 Å². The third-order valence-corrected chi connectivity index (χ3v) is 5.34. The first-order valence-corrected chi connectivity index (χ1v) is 10.7. The Balaban J connectivity index is 2.20. The van der Waals surface area contributed by atoms with Gasteiger partial charge in [0.2, 0.25) is 0 Å². The van der Waals surface area contributed by atoms with Crippen LogP contribution >= 0.6 is 0 Å². The molecule has 0 amide bonds. The Labute approximate surface area is 178 Å². The number of hydrogen-bond donors (Lipinski definition) is 0. The van der Waals surface area contributed by atoms with Crippen molar-refractivity contribution in [3.63, 3.8) is 0 Å². The molecule has 3 heterocycles. The molecule has 0 spiro atoms. The Bertz CT molecular complexity index is 1010. The van der Waals surface area contributed by atoms with E-state index in [0.29, 0.717) is 19.1 Å². The summed E-state index contributed by atoms with van der Waals surface area (Å²) in [5.41, 5.74) is 7.52. The Morgan fingerprint density at radius 3 is 2.17 bits per heavy atom. The summed E-state index contributed by atoms with van der Waals surface area (Å²) in [5, 5.41) is 4.73. The van der Waals surface area contributed by atoms with Crippen LogP contribution in [0.25, 0.3) is 22.4 Å². The molecule has 0 saturated heterocycles. The van der Waals surface area contributed by atoms with Gasteiger partial charge in [-0.25, -0.2) is 14.6 Å². The third kappa shape index (κ3) is 4.23. The van der Waals surface area contributed by atoms with Crippen LogP contribution in [-0.2, 0) is 22.3 Å². The van der Waals surface area contributed by atoms with Gasteiger partial charge < -0.3 is 9.47 Å². The van der Waals surface area contributed by atoms with E-state index >= 15 is 0 Å². The van der Waals surface area contributed by atoms with Crippen LogP contribution in [0.3, 0.4) is 0 Å². The van der Waals surface area contributed by atoms with Gasteiger partial charge >= 0.3 is 0 Å². The Kier molecular flexibility index (Phi) is 7.15. The molecular weight excluding hydrogens is 378 g/mol. The fourth-order valence-corrected chi connectivity index (χ4v) is 3.73. The molecule has 0 aliphatic carbocycles. The van der Waals surface area contributed by atoms with Gasteiger partial charge in [-0.3, -0.25) is 4.98 Å². The van der Waals surface area contributed by atoms with Crippen LogP contribution in [0.4, 0.5) is 0 Å². The molecule has 0 N–H and O–H groups in total. The van der Waals surface area contributed by atoms with Gasteiger partial charge in [-0.1, -0.05) is 27.7 Å². The number of hydrogen-bond acceptors (Lipinski definition) is 6. The number of rotatable bonds is 9. The first-order valence-electron chi connectivity index (χ1n) is 10.7. The van der Waals surface area contributed by atoms with E-state index in [1.54, 1.807) is 14.2 Å². The molecule has 3 aromatic rings. The van der Waals surface area contributed by atoms with Crippen LogP contribution in [0.1, 0.15) is 62.4 Å². The van der Waals surface area contributed by atoms with Crippen LogP contribution in [0.2, 0.25) is 0 Å². The predicted molar refractivity (Wildman–Crippen MR) is 119 cm³/mol. The molecule has 0 fully saturated rings. The fourth-order valence-electron chi connectivity index (χ4n) is 3.73. The normalized spacial score (nSPS) is 11.9. The largest absolute Gasteiger partial charge is 0.382 e. The second kappa shape index (κ2) is 9.62. The fraction of sp³-hybridized carbons (Fsp3) is 0.565. The average molecular weight is 412 g/mol. The van der Waals surface area contributed by atoms with Crippen molar-refractivity contribution in [2.75, 3.05) is 27.4 Å². The molecule has 0 aliphatic heterocycles. The average Bonchev–Trinajstić information content (AvgIpc) is 3.07. The maximum Gasteiger partial charge on any atom is 0.177 e. The number of aromatic nitrogens is 5. The molecule has 7 heteroatoms. The lowest BCUT2D eigenvalue weighted by atomic mass is 10.0. The lowest BCUT2D eigenvalue weighted by Gasteiger charge is -2.17. The van der Waals surface area contributed by atoms with E-state index in [9.17, 15) is 0 Å². The van der Waals surface area contributed by atoms with Gasteiger partial charge in [-0.15, -0.1) is 0 Å². The maximum absolute atomic E-state index is 5.38. The van der Waals surface area contributed by atoms with Crippen LogP contribution < -0.4 is 0 Å². The molecule has 3 rings (SSSR count). The van der Waals surface area contributed by atoms with Crippen molar-refractivity contribution in [3.8, 4) is 11.3 Å². The molecule has 0 atom stereocenters. The summed E-state index contributed by atoms with van der Waals surface area (Å²) in [7, 11) is 3.37. The van der Waals surface area contributed by atoms with Gasteiger partial charge in [-0.05, 0) is 37.8 Å². The second-order valence-corrected chi connectivity index (χ2v) is 7.88. The summed E-state index contributed by atoms with van der Waals surface area (Å²) < 4.78 is 12.7. The van der Waals surface area contributed by atoms with Crippen molar-refractivity contribution in [2.45, 2.75) is 59.4 Å². The van der Waals surface area contributed by atoms with E-state index < -0.39 is 0 Å². The molecule has 3 aromatic heterocycles. The van der Waals surface area contributed by atoms with Crippen molar-refractivity contribution in [2.24, 2.45) is 0 Å². The summed E-state index contributed by atoms with van der Waals surface area (Å²) in [4.78, 5) is 15.0. The van der Waals surface area contributed by atoms with Crippen LogP contribution in [-0.4, -0.2) is 52.2 Å². The Morgan fingerprint density at radius 1 is 0.933 bits per heavy atom. The predicted octanol–water partition coefficient (Wildman–Crippen LogP) is 4.28. The van der Waals surface area contributed by atoms with Gasteiger partial charge in [0.05, 0.1) is 30.3 Å². The van der Waals surface area contributed by atoms with E-state index in [0.717, 1.165) is 58.0 Å². The molecule has 7 nitrogen and oxygen atoms in total. The zero-order valence-corrected chi connectivity index (χ0v) is 19.2. The maximum atomic E-state index is 5.38. The number of methoxy groups -OCH3 is 2. The van der Waals surface area contributed by atoms with E-state index in [2.05, 4.69) is 39.8 Å². The highest BCUT2D eigenvalue weighted by Gasteiger charge is 2.22. The molecule has 0 aromatic carbocycles. The first-order chi connectivity index (χ1) is 14.4. The standard InChI is InChI=1S/C23H33N5O2/c1-8-18-17(10-11-20(24-18)14(3)4)22-19(9-2)25-23-21(26-22)15(5)27-28(23)16(12-29-6)13-30-7/h10-11,14,16H,8-9,12-13H2,1-7H3. The number of ether oxygens (including phenoxy) is 2. The zero-order chi connectivity index (χ0) is 21.8. The highest BCUT2D eigenvalue weighted by atomic mass is 16.5. The number of fused-ring (bicyclic) bond motifs is 1. The summed E-state index contributed by atoms with van der Waals surface area (Å²) >= 11 is 0. The lowest BCUT2D eigenvalue weighted by molar-refractivity contribution is 0.0855. The molecule has 0 radical (unpaired) electrons. The molecule has 30 heavy (non-hydrogen) atoms. The number of aryl methyl sites for hydroxylation is 3. The lowest BCUT2D eigenvalue weighted by Crippen LogP contribution is -2.21. The van der Waals surface area contributed by atoms with E-state index in [1.165, 1.54) is 0 Å².